The fourth-order valence-corrected chi connectivity index (χ4v) is 2.30. The number of hydrogen-bond acceptors (Lipinski definition) is 2. The van der Waals surface area contributed by atoms with Crippen molar-refractivity contribution in [1.29, 1.82) is 0 Å². The molecule has 0 bridgehead atoms. The monoisotopic (exact) mass is 299 g/mol. The maximum absolute atomic E-state index is 12.2. The SMILES string of the molecule is Cc1ccn2cc(C(=O)NCc3ccccc3Cl)nc2c1. The summed E-state index contributed by atoms with van der Waals surface area (Å²) in [7, 11) is 0. The molecule has 0 aliphatic rings. The molecule has 5 heteroatoms. The molecule has 3 aromatic rings. The number of pyridine rings is 1. The maximum Gasteiger partial charge on any atom is 0.271 e. The van der Waals surface area contributed by atoms with Gasteiger partial charge in [0.05, 0.1) is 0 Å². The van der Waals surface area contributed by atoms with Gasteiger partial charge in [-0.25, -0.2) is 4.98 Å². The van der Waals surface area contributed by atoms with Crippen molar-refractivity contribution in [3.8, 4) is 0 Å². The van der Waals surface area contributed by atoms with Crippen molar-refractivity contribution in [2.24, 2.45) is 0 Å². The smallest absolute Gasteiger partial charge is 0.271 e. The molecule has 1 amide bonds. The molecular weight excluding hydrogens is 286 g/mol. The van der Waals surface area contributed by atoms with E-state index in [1.807, 2.05) is 47.9 Å². The van der Waals surface area contributed by atoms with Crippen molar-refractivity contribution < 1.29 is 4.79 Å². The molecule has 21 heavy (non-hydrogen) atoms. The van der Waals surface area contributed by atoms with Crippen molar-refractivity contribution in [1.82, 2.24) is 14.7 Å². The van der Waals surface area contributed by atoms with Gasteiger partial charge in [0.15, 0.2) is 0 Å². The summed E-state index contributed by atoms with van der Waals surface area (Å²) in [5.41, 5.74) is 3.15. The Morgan fingerprint density at radius 1 is 1.33 bits per heavy atom. The molecule has 1 aromatic carbocycles. The lowest BCUT2D eigenvalue weighted by Gasteiger charge is -2.04. The van der Waals surface area contributed by atoms with Crippen LogP contribution < -0.4 is 5.32 Å². The minimum Gasteiger partial charge on any atom is -0.347 e. The third-order valence-electron chi connectivity index (χ3n) is 3.25. The largest absolute Gasteiger partial charge is 0.347 e. The van der Waals surface area contributed by atoms with Crippen LogP contribution in [0.25, 0.3) is 5.65 Å². The molecule has 4 nitrogen and oxygen atoms in total. The van der Waals surface area contributed by atoms with Gasteiger partial charge in [0.2, 0.25) is 0 Å². The van der Waals surface area contributed by atoms with E-state index >= 15 is 0 Å². The van der Waals surface area contributed by atoms with Gasteiger partial charge in [-0.3, -0.25) is 4.79 Å². The molecule has 1 N–H and O–H groups in total. The highest BCUT2D eigenvalue weighted by molar-refractivity contribution is 6.31. The average Bonchev–Trinajstić information content (AvgIpc) is 2.89. The zero-order chi connectivity index (χ0) is 14.8. The maximum atomic E-state index is 12.2. The highest BCUT2D eigenvalue weighted by Crippen LogP contribution is 2.14. The first-order valence-electron chi connectivity index (χ1n) is 6.60. The number of rotatable bonds is 3. The van der Waals surface area contributed by atoms with E-state index in [0.29, 0.717) is 17.3 Å². The summed E-state index contributed by atoms with van der Waals surface area (Å²) in [5.74, 6) is -0.212. The van der Waals surface area contributed by atoms with Crippen molar-refractivity contribution in [2.75, 3.05) is 0 Å². The zero-order valence-corrected chi connectivity index (χ0v) is 12.3. The van der Waals surface area contributed by atoms with Crippen molar-refractivity contribution in [2.45, 2.75) is 13.5 Å². The predicted molar refractivity (Wildman–Crippen MR) is 82.6 cm³/mol. The topological polar surface area (TPSA) is 46.4 Å². The van der Waals surface area contributed by atoms with Gasteiger partial charge in [-0.05, 0) is 36.2 Å². The van der Waals surface area contributed by atoms with Crippen molar-refractivity contribution in [3.05, 3.63) is 70.6 Å². The van der Waals surface area contributed by atoms with E-state index in [1.165, 1.54) is 0 Å². The molecule has 0 saturated heterocycles. The number of halogens is 1. The minimum atomic E-state index is -0.212. The van der Waals surface area contributed by atoms with E-state index in [9.17, 15) is 4.79 Å². The summed E-state index contributed by atoms with van der Waals surface area (Å²) >= 11 is 6.06. The Kier molecular flexibility index (Phi) is 3.62. The van der Waals surface area contributed by atoms with E-state index in [1.54, 1.807) is 12.3 Å². The number of carbonyl (C=O) groups is 1. The Morgan fingerprint density at radius 2 is 2.14 bits per heavy atom. The Balaban J connectivity index is 1.76. The first-order valence-corrected chi connectivity index (χ1v) is 6.98. The first kappa shape index (κ1) is 13.6. The van der Waals surface area contributed by atoms with Gasteiger partial charge in [0, 0.05) is 24.0 Å². The first-order chi connectivity index (χ1) is 10.1. The van der Waals surface area contributed by atoms with Crippen LogP contribution in [0.4, 0.5) is 0 Å². The molecule has 0 saturated carbocycles. The third-order valence-corrected chi connectivity index (χ3v) is 3.61. The van der Waals surface area contributed by atoms with Gasteiger partial charge in [-0.2, -0.15) is 0 Å². The molecule has 3 rings (SSSR count). The van der Waals surface area contributed by atoms with Crippen LogP contribution in [0.2, 0.25) is 5.02 Å². The van der Waals surface area contributed by atoms with E-state index in [2.05, 4.69) is 10.3 Å². The van der Waals surface area contributed by atoms with E-state index in [4.69, 9.17) is 11.6 Å². The quantitative estimate of drug-likeness (QED) is 0.807. The Hall–Kier alpha value is -2.33. The fourth-order valence-electron chi connectivity index (χ4n) is 2.10. The fraction of sp³-hybridized carbons (Fsp3) is 0.125. The van der Waals surface area contributed by atoms with Gasteiger partial charge in [0.25, 0.3) is 5.91 Å². The van der Waals surface area contributed by atoms with E-state index < -0.39 is 0 Å². The van der Waals surface area contributed by atoms with Gasteiger partial charge >= 0.3 is 0 Å². The van der Waals surface area contributed by atoms with Gasteiger partial charge in [-0.1, -0.05) is 29.8 Å². The molecule has 0 fully saturated rings. The molecule has 0 aliphatic heterocycles. The standard InChI is InChI=1S/C16H14ClN3O/c1-11-6-7-20-10-14(19-15(20)8-11)16(21)18-9-12-4-2-3-5-13(12)17/h2-8,10H,9H2,1H3,(H,18,21). The molecule has 2 heterocycles. The molecular formula is C16H14ClN3O. The number of aryl methyl sites for hydroxylation is 1. The number of carbonyl (C=O) groups excluding carboxylic acids is 1. The third kappa shape index (κ3) is 2.90. The number of aromatic nitrogens is 2. The summed E-state index contributed by atoms with van der Waals surface area (Å²) < 4.78 is 1.83. The Morgan fingerprint density at radius 3 is 2.95 bits per heavy atom. The average molecular weight is 300 g/mol. The second-order valence-corrected chi connectivity index (χ2v) is 5.28. The molecule has 106 valence electrons. The number of hydrogen-bond donors (Lipinski definition) is 1. The Labute approximate surface area is 127 Å². The van der Waals surface area contributed by atoms with Crippen LogP contribution in [-0.2, 0) is 6.54 Å². The minimum absolute atomic E-state index is 0.212. The summed E-state index contributed by atoms with van der Waals surface area (Å²) in [5, 5.41) is 3.47. The van der Waals surface area contributed by atoms with Gasteiger partial charge in [-0.15, -0.1) is 0 Å². The molecule has 0 radical (unpaired) electrons. The summed E-state index contributed by atoms with van der Waals surface area (Å²) in [6, 6.07) is 11.3. The molecule has 0 unspecified atom stereocenters. The van der Waals surface area contributed by atoms with Crippen LogP contribution >= 0.6 is 11.6 Å². The second kappa shape index (κ2) is 5.58. The molecule has 0 aliphatic carbocycles. The molecule has 0 atom stereocenters. The summed E-state index contributed by atoms with van der Waals surface area (Å²) in [4.78, 5) is 16.5. The lowest BCUT2D eigenvalue weighted by atomic mass is 10.2. The van der Waals surface area contributed by atoms with Crippen molar-refractivity contribution >= 4 is 23.2 Å². The summed E-state index contributed by atoms with van der Waals surface area (Å²) in [6.45, 7) is 2.37. The number of nitrogens with one attached hydrogen (secondary N) is 1. The number of amides is 1. The van der Waals surface area contributed by atoms with Crippen LogP contribution in [0.3, 0.4) is 0 Å². The van der Waals surface area contributed by atoms with E-state index in [-0.39, 0.29) is 5.91 Å². The van der Waals surface area contributed by atoms with Gasteiger partial charge in [0.1, 0.15) is 11.3 Å². The number of fused-ring (bicyclic) bond motifs is 1. The van der Waals surface area contributed by atoms with E-state index in [0.717, 1.165) is 16.8 Å². The van der Waals surface area contributed by atoms with Crippen LogP contribution in [0.5, 0.6) is 0 Å². The van der Waals surface area contributed by atoms with Crippen LogP contribution in [0, 0.1) is 6.92 Å². The summed E-state index contributed by atoms with van der Waals surface area (Å²) in [6.07, 6.45) is 3.61. The normalized spacial score (nSPS) is 10.8. The number of nitrogens with zero attached hydrogens (tertiary/aromatic N) is 2. The highest BCUT2D eigenvalue weighted by atomic mass is 35.5. The Bertz CT molecular complexity index is 810. The van der Waals surface area contributed by atoms with Crippen LogP contribution in [0.15, 0.2) is 48.8 Å². The predicted octanol–water partition coefficient (Wildman–Crippen LogP) is 3.23. The second-order valence-electron chi connectivity index (χ2n) is 4.87. The number of benzene rings is 1. The van der Waals surface area contributed by atoms with Crippen molar-refractivity contribution in [3.63, 3.8) is 0 Å². The van der Waals surface area contributed by atoms with Gasteiger partial charge < -0.3 is 9.72 Å². The highest BCUT2D eigenvalue weighted by Gasteiger charge is 2.11. The number of imidazole rings is 1. The van der Waals surface area contributed by atoms with Crippen LogP contribution in [0.1, 0.15) is 21.6 Å². The lowest BCUT2D eigenvalue weighted by molar-refractivity contribution is 0.0946. The zero-order valence-electron chi connectivity index (χ0n) is 11.5. The van der Waals surface area contributed by atoms with Crippen LogP contribution in [-0.4, -0.2) is 15.3 Å². The molecule has 0 spiro atoms. The molecule has 2 aromatic heterocycles. The lowest BCUT2D eigenvalue weighted by Crippen LogP contribution is -2.23.